The van der Waals surface area contributed by atoms with Crippen LogP contribution in [0.3, 0.4) is 0 Å². The number of hydrogen-bond acceptors (Lipinski definition) is 3. The zero-order chi connectivity index (χ0) is 18.5. The molecule has 6 nitrogen and oxygen atoms in total. The van der Waals surface area contributed by atoms with Crippen LogP contribution in [0.4, 0.5) is 0 Å². The number of guanidine groups is 1. The third kappa shape index (κ3) is 28.6. The molecule has 0 aromatic carbocycles. The normalized spacial score (nSPS) is 10.2. The lowest BCUT2D eigenvalue weighted by molar-refractivity contribution is -0.137. The summed E-state index contributed by atoms with van der Waals surface area (Å²) >= 11 is 0. The first-order chi connectivity index (χ1) is 11.5. The van der Waals surface area contributed by atoms with Gasteiger partial charge in [-0.3, -0.25) is 10.2 Å². The number of carboxylic acid groups (broad SMARTS) is 1. The number of nitrogens with zero attached hydrogens (tertiary/aromatic N) is 1. The van der Waals surface area contributed by atoms with Gasteiger partial charge in [0, 0.05) is 12.6 Å². The van der Waals surface area contributed by atoms with Gasteiger partial charge in [0.2, 0.25) is 5.96 Å². The van der Waals surface area contributed by atoms with E-state index in [1.54, 1.807) is 6.21 Å². The number of hydrogen-bond donors (Lipinski definition) is 4. The van der Waals surface area contributed by atoms with E-state index < -0.39 is 5.97 Å². The molecule has 6 heteroatoms. The van der Waals surface area contributed by atoms with Crippen LogP contribution < -0.4 is 11.2 Å². The van der Waals surface area contributed by atoms with Gasteiger partial charge in [0.05, 0.1) is 0 Å². The van der Waals surface area contributed by atoms with Crippen molar-refractivity contribution in [2.24, 2.45) is 10.8 Å². The third-order valence-corrected chi connectivity index (χ3v) is 3.46. The molecule has 0 aromatic heterocycles. The number of hydrazone groups is 1. The minimum Gasteiger partial charge on any atom is -0.481 e. The molecule has 0 bridgehead atoms. The summed E-state index contributed by atoms with van der Waals surface area (Å²) in [5, 5.41) is 18.8. The van der Waals surface area contributed by atoms with Gasteiger partial charge in [-0.25, -0.2) is 5.43 Å². The van der Waals surface area contributed by atoms with Crippen LogP contribution in [-0.2, 0) is 4.79 Å². The Kier molecular flexibility index (Phi) is 22.0. The van der Waals surface area contributed by atoms with Gasteiger partial charge in [-0.05, 0) is 19.3 Å². The lowest BCUT2D eigenvalue weighted by atomic mass is 10.1. The van der Waals surface area contributed by atoms with Crippen LogP contribution in [0.5, 0.6) is 0 Å². The lowest BCUT2D eigenvalue weighted by Gasteiger charge is -1.99. The molecule has 5 N–H and O–H groups in total. The number of aliphatic carboxylic acids is 1. The average Bonchev–Trinajstić information content (AvgIpc) is 2.53. The molecule has 0 saturated carbocycles. The molecule has 0 saturated heterocycles. The third-order valence-electron chi connectivity index (χ3n) is 3.46. The molecule has 0 rings (SSSR count). The second-order valence-corrected chi connectivity index (χ2v) is 5.95. The van der Waals surface area contributed by atoms with E-state index in [0.29, 0.717) is 6.42 Å². The predicted molar refractivity (Wildman–Crippen MR) is 103 cm³/mol. The van der Waals surface area contributed by atoms with Crippen molar-refractivity contribution in [3.63, 3.8) is 0 Å². The summed E-state index contributed by atoms with van der Waals surface area (Å²) in [4.78, 5) is 9.87. The largest absolute Gasteiger partial charge is 0.481 e. The molecule has 0 aliphatic heterocycles. The molecule has 0 atom stereocenters. The molecule has 0 radical (unpaired) electrons. The van der Waals surface area contributed by atoms with E-state index in [1.165, 1.54) is 51.4 Å². The average molecular weight is 343 g/mol. The summed E-state index contributed by atoms with van der Waals surface area (Å²) in [6.07, 6.45) is 16.7. The Labute approximate surface area is 147 Å². The molecule has 0 aromatic rings. The number of carbonyl (C=O) groups is 1. The van der Waals surface area contributed by atoms with Crippen molar-refractivity contribution < 1.29 is 9.90 Å². The second kappa shape index (κ2) is 21.4. The van der Waals surface area contributed by atoms with Crippen LogP contribution in [0.2, 0.25) is 0 Å². The van der Waals surface area contributed by atoms with Crippen molar-refractivity contribution in [1.29, 1.82) is 5.41 Å². The zero-order valence-corrected chi connectivity index (χ0v) is 15.6. The summed E-state index contributed by atoms with van der Waals surface area (Å²) < 4.78 is 0. The molecule has 142 valence electrons. The Bertz CT molecular complexity index is 320. The van der Waals surface area contributed by atoms with Crippen molar-refractivity contribution >= 4 is 18.1 Å². The first-order valence-corrected chi connectivity index (χ1v) is 9.37. The molecule has 0 amide bonds. The van der Waals surface area contributed by atoms with Crippen molar-refractivity contribution in [2.75, 3.05) is 0 Å². The molecule has 24 heavy (non-hydrogen) atoms. The molecular weight excluding hydrogens is 304 g/mol. The quantitative estimate of drug-likeness (QED) is 0.159. The molecule has 0 aliphatic rings. The Morgan fingerprint density at radius 3 is 2.00 bits per heavy atom. The molecule has 0 fully saturated rings. The highest BCUT2D eigenvalue weighted by Gasteiger charge is 1.93. The second-order valence-electron chi connectivity index (χ2n) is 5.95. The molecule has 0 spiro atoms. The number of unbranched alkanes of at least 4 members (excludes halogenated alkanes) is 10. The van der Waals surface area contributed by atoms with E-state index in [1.807, 2.05) is 0 Å². The van der Waals surface area contributed by atoms with Crippen LogP contribution >= 0.6 is 0 Å². The molecular formula is C18H38N4O2. The van der Waals surface area contributed by atoms with Gasteiger partial charge in [0.15, 0.2) is 0 Å². The van der Waals surface area contributed by atoms with Gasteiger partial charge < -0.3 is 10.8 Å². The van der Waals surface area contributed by atoms with Gasteiger partial charge in [-0.1, -0.05) is 71.6 Å². The first kappa shape index (κ1) is 24.7. The standard InChI is InChI=1S/C12H26N4.C6H12O2/c1-2-3-4-5-6-7-8-9-10-11-15-16-12(13)14;1-2-3-4-5-6(7)8/h11H,2-10H2,1H3,(H4,13,14,16);2-5H2,1H3,(H,7,8)/b15-11+;. The minimum absolute atomic E-state index is 0.104. The highest BCUT2D eigenvalue weighted by molar-refractivity contribution is 5.75. The lowest BCUT2D eigenvalue weighted by Crippen LogP contribution is -2.25. The van der Waals surface area contributed by atoms with Gasteiger partial charge in [0.25, 0.3) is 0 Å². The topological polar surface area (TPSA) is 112 Å². The monoisotopic (exact) mass is 342 g/mol. The first-order valence-electron chi connectivity index (χ1n) is 9.37. The van der Waals surface area contributed by atoms with Crippen molar-refractivity contribution in [2.45, 2.75) is 97.3 Å². The fourth-order valence-electron chi connectivity index (χ4n) is 2.08. The minimum atomic E-state index is -0.682. The van der Waals surface area contributed by atoms with Gasteiger partial charge in [-0.2, -0.15) is 5.10 Å². The van der Waals surface area contributed by atoms with E-state index >= 15 is 0 Å². The number of nitrogens with one attached hydrogen (secondary N) is 2. The maximum atomic E-state index is 9.87. The van der Waals surface area contributed by atoms with E-state index in [0.717, 1.165) is 25.7 Å². The van der Waals surface area contributed by atoms with Crippen molar-refractivity contribution in [3.8, 4) is 0 Å². The Balaban J connectivity index is 0. The zero-order valence-electron chi connectivity index (χ0n) is 15.6. The summed E-state index contributed by atoms with van der Waals surface area (Å²) in [5.74, 6) is -0.786. The van der Waals surface area contributed by atoms with Crippen LogP contribution in [0.25, 0.3) is 0 Å². The fourth-order valence-corrected chi connectivity index (χ4v) is 2.08. The Hall–Kier alpha value is -1.59. The molecule has 0 unspecified atom stereocenters. The van der Waals surface area contributed by atoms with E-state index in [-0.39, 0.29) is 5.96 Å². The van der Waals surface area contributed by atoms with Crippen LogP contribution in [-0.4, -0.2) is 23.2 Å². The molecule has 0 heterocycles. The number of rotatable bonds is 14. The Morgan fingerprint density at radius 1 is 1.00 bits per heavy atom. The van der Waals surface area contributed by atoms with Crippen molar-refractivity contribution in [1.82, 2.24) is 5.43 Å². The van der Waals surface area contributed by atoms with Crippen molar-refractivity contribution in [3.05, 3.63) is 0 Å². The van der Waals surface area contributed by atoms with E-state index in [9.17, 15) is 4.79 Å². The maximum Gasteiger partial charge on any atom is 0.303 e. The number of carboxylic acids is 1. The Morgan fingerprint density at radius 2 is 1.50 bits per heavy atom. The van der Waals surface area contributed by atoms with Crippen LogP contribution in [0.1, 0.15) is 97.3 Å². The predicted octanol–water partition coefficient (Wildman–Crippen LogP) is 4.64. The van der Waals surface area contributed by atoms with Gasteiger partial charge in [-0.15, -0.1) is 0 Å². The summed E-state index contributed by atoms with van der Waals surface area (Å²) in [7, 11) is 0. The highest BCUT2D eigenvalue weighted by Crippen LogP contribution is 2.08. The van der Waals surface area contributed by atoms with Gasteiger partial charge in [0.1, 0.15) is 0 Å². The van der Waals surface area contributed by atoms with E-state index in [2.05, 4.69) is 24.4 Å². The summed E-state index contributed by atoms with van der Waals surface area (Å²) in [5.41, 5.74) is 7.47. The SMILES string of the molecule is CCCCCC(=O)O.CCCCCCCCCC/C=N/NC(=N)N. The van der Waals surface area contributed by atoms with E-state index in [4.69, 9.17) is 16.2 Å². The fraction of sp³-hybridized carbons (Fsp3) is 0.833. The summed E-state index contributed by atoms with van der Waals surface area (Å²) in [6, 6.07) is 0. The van der Waals surface area contributed by atoms with Gasteiger partial charge >= 0.3 is 5.97 Å². The highest BCUT2D eigenvalue weighted by atomic mass is 16.4. The summed E-state index contributed by atoms with van der Waals surface area (Å²) in [6.45, 7) is 4.30. The van der Waals surface area contributed by atoms with Crippen LogP contribution in [0.15, 0.2) is 5.10 Å². The maximum absolute atomic E-state index is 9.87. The molecule has 0 aliphatic carbocycles. The smallest absolute Gasteiger partial charge is 0.303 e. The number of nitrogens with two attached hydrogens (primary N) is 1. The van der Waals surface area contributed by atoms with Crippen LogP contribution in [0, 0.1) is 5.41 Å².